The molecule has 0 aliphatic rings. The lowest BCUT2D eigenvalue weighted by molar-refractivity contribution is 0.0695. The minimum Gasteiger partial charge on any atom is -0.478 e. The Morgan fingerprint density at radius 2 is 1.60 bits per heavy atom. The molecule has 1 aromatic carbocycles. The lowest BCUT2D eigenvalue weighted by Gasteiger charge is -2.07. The molecule has 0 aliphatic heterocycles. The van der Waals surface area contributed by atoms with E-state index in [1.807, 2.05) is 0 Å². The van der Waals surface area contributed by atoms with Gasteiger partial charge in [-0.25, -0.2) is 9.59 Å². The number of carbonyl (C=O) groups is 2. The molecular formula is C9H8INO4. The molecule has 0 atom stereocenters. The van der Waals surface area contributed by atoms with E-state index in [1.165, 1.54) is 12.1 Å². The van der Waals surface area contributed by atoms with Gasteiger partial charge in [-0.05, 0) is 34.7 Å². The lowest BCUT2D eigenvalue weighted by atomic mass is 10.1. The van der Waals surface area contributed by atoms with Crippen LogP contribution in [0.3, 0.4) is 0 Å². The van der Waals surface area contributed by atoms with Gasteiger partial charge < -0.3 is 15.5 Å². The molecule has 0 spiro atoms. The number of rotatable bonds is 3. The van der Waals surface area contributed by atoms with Gasteiger partial charge >= 0.3 is 11.9 Å². The highest BCUT2D eigenvalue weighted by molar-refractivity contribution is 14.1. The number of hydrogen-bond donors (Lipinski definition) is 3. The highest BCUT2D eigenvalue weighted by Gasteiger charge is 2.17. The molecule has 0 aromatic heterocycles. The van der Waals surface area contributed by atoms with Crippen molar-refractivity contribution in [2.75, 3.05) is 12.4 Å². The van der Waals surface area contributed by atoms with Gasteiger partial charge in [0.15, 0.2) is 0 Å². The van der Waals surface area contributed by atoms with Crippen molar-refractivity contribution >= 4 is 40.2 Å². The second-order valence-electron chi connectivity index (χ2n) is 2.75. The second-order valence-corrected chi connectivity index (χ2v) is 3.82. The first kappa shape index (κ1) is 11.8. The fourth-order valence-electron chi connectivity index (χ4n) is 1.08. The van der Waals surface area contributed by atoms with Crippen molar-refractivity contribution in [2.45, 2.75) is 0 Å². The van der Waals surface area contributed by atoms with E-state index in [4.69, 9.17) is 10.2 Å². The van der Waals surface area contributed by atoms with Gasteiger partial charge in [0.2, 0.25) is 0 Å². The maximum Gasteiger partial charge on any atom is 0.336 e. The molecule has 0 bridgehead atoms. The van der Waals surface area contributed by atoms with E-state index in [2.05, 4.69) is 5.32 Å². The predicted molar refractivity (Wildman–Crippen MR) is 62.6 cm³/mol. The molecule has 0 aliphatic carbocycles. The first-order valence-electron chi connectivity index (χ1n) is 3.95. The number of aromatic carboxylic acids is 2. The maximum atomic E-state index is 10.8. The normalized spacial score (nSPS) is 9.73. The van der Waals surface area contributed by atoms with Crippen LogP contribution in [0.1, 0.15) is 20.7 Å². The monoisotopic (exact) mass is 321 g/mol. The first-order valence-corrected chi connectivity index (χ1v) is 5.03. The van der Waals surface area contributed by atoms with Gasteiger partial charge in [0.25, 0.3) is 0 Å². The van der Waals surface area contributed by atoms with Crippen LogP contribution in [-0.4, -0.2) is 29.2 Å². The highest BCUT2D eigenvalue weighted by atomic mass is 127. The Morgan fingerprint density at radius 1 is 1.20 bits per heavy atom. The van der Waals surface area contributed by atoms with E-state index in [-0.39, 0.29) is 14.7 Å². The van der Waals surface area contributed by atoms with Crippen molar-refractivity contribution in [3.05, 3.63) is 26.8 Å². The smallest absolute Gasteiger partial charge is 0.336 e. The quantitative estimate of drug-likeness (QED) is 0.738. The van der Waals surface area contributed by atoms with Crippen LogP contribution in [-0.2, 0) is 0 Å². The summed E-state index contributed by atoms with van der Waals surface area (Å²) in [5.74, 6) is -2.28. The Kier molecular flexibility index (Phi) is 3.51. The van der Waals surface area contributed by atoms with Crippen LogP contribution >= 0.6 is 22.6 Å². The van der Waals surface area contributed by atoms with Crippen molar-refractivity contribution < 1.29 is 19.8 Å². The van der Waals surface area contributed by atoms with Crippen molar-refractivity contribution in [1.82, 2.24) is 0 Å². The van der Waals surface area contributed by atoms with Gasteiger partial charge in [0.05, 0.1) is 11.1 Å². The summed E-state index contributed by atoms with van der Waals surface area (Å²) in [5, 5.41) is 20.4. The molecule has 80 valence electrons. The number of halogens is 1. The summed E-state index contributed by atoms with van der Waals surface area (Å²) in [6.45, 7) is 0. The van der Waals surface area contributed by atoms with Crippen molar-refractivity contribution in [1.29, 1.82) is 0 Å². The molecule has 1 rings (SSSR count). The first-order chi connectivity index (χ1) is 6.97. The largest absolute Gasteiger partial charge is 0.478 e. The highest BCUT2D eigenvalue weighted by Crippen LogP contribution is 2.23. The molecule has 0 amide bonds. The fraction of sp³-hybridized carbons (Fsp3) is 0.111. The minimum absolute atomic E-state index is 0.0140. The van der Waals surface area contributed by atoms with E-state index in [0.717, 1.165) is 0 Å². The topological polar surface area (TPSA) is 86.6 Å². The summed E-state index contributed by atoms with van der Waals surface area (Å²) < 4.78 is 0.228. The number of carboxylic acids is 2. The molecule has 0 saturated heterocycles. The third-order valence-electron chi connectivity index (χ3n) is 1.82. The van der Waals surface area contributed by atoms with Crippen molar-refractivity contribution in [3.8, 4) is 0 Å². The van der Waals surface area contributed by atoms with Crippen LogP contribution in [0.15, 0.2) is 12.1 Å². The molecule has 6 heteroatoms. The summed E-state index contributed by atoms with van der Waals surface area (Å²) in [6, 6.07) is 2.80. The molecule has 0 unspecified atom stereocenters. The summed E-state index contributed by atoms with van der Waals surface area (Å²) in [6.07, 6.45) is 0. The summed E-state index contributed by atoms with van der Waals surface area (Å²) >= 11 is 1.71. The number of benzene rings is 1. The number of hydrogen-bond acceptors (Lipinski definition) is 3. The summed E-state index contributed by atoms with van der Waals surface area (Å²) in [5.41, 5.74) is 0.435. The average Bonchev–Trinajstić information content (AvgIpc) is 2.17. The Bertz CT molecular complexity index is 395. The van der Waals surface area contributed by atoms with Crippen molar-refractivity contribution in [2.24, 2.45) is 0 Å². The van der Waals surface area contributed by atoms with E-state index in [1.54, 1.807) is 29.6 Å². The Hall–Kier alpha value is -1.31. The minimum atomic E-state index is -1.14. The number of carboxylic acid groups (broad SMARTS) is 2. The van der Waals surface area contributed by atoms with Crippen LogP contribution in [0.5, 0.6) is 0 Å². The molecule has 5 nitrogen and oxygen atoms in total. The summed E-state index contributed by atoms with van der Waals surface area (Å²) in [7, 11) is 1.60. The third-order valence-corrected chi connectivity index (χ3v) is 2.98. The number of anilines is 1. The maximum absolute atomic E-state index is 10.8. The Labute approximate surface area is 99.2 Å². The zero-order valence-corrected chi connectivity index (χ0v) is 9.90. The molecule has 0 fully saturated rings. The molecule has 15 heavy (non-hydrogen) atoms. The molecular weight excluding hydrogens is 313 g/mol. The van der Waals surface area contributed by atoms with Crippen LogP contribution in [0.4, 0.5) is 5.69 Å². The molecule has 3 N–H and O–H groups in total. The Balaban J connectivity index is 3.47. The van der Waals surface area contributed by atoms with E-state index in [0.29, 0.717) is 5.69 Å². The van der Waals surface area contributed by atoms with Gasteiger partial charge in [0.1, 0.15) is 0 Å². The van der Waals surface area contributed by atoms with Crippen LogP contribution in [0.25, 0.3) is 0 Å². The van der Waals surface area contributed by atoms with Gasteiger partial charge in [0, 0.05) is 16.3 Å². The second kappa shape index (κ2) is 4.47. The zero-order chi connectivity index (χ0) is 11.6. The van der Waals surface area contributed by atoms with Crippen molar-refractivity contribution in [3.63, 3.8) is 0 Å². The Morgan fingerprint density at radius 3 is 1.87 bits per heavy atom. The average molecular weight is 321 g/mol. The zero-order valence-electron chi connectivity index (χ0n) is 7.74. The van der Waals surface area contributed by atoms with E-state index < -0.39 is 11.9 Å². The van der Waals surface area contributed by atoms with E-state index in [9.17, 15) is 9.59 Å². The van der Waals surface area contributed by atoms with Gasteiger partial charge in [-0.2, -0.15) is 0 Å². The van der Waals surface area contributed by atoms with Gasteiger partial charge in [-0.3, -0.25) is 0 Å². The SMILES string of the molecule is CNc1cc(C(=O)O)c(I)c(C(=O)O)c1. The van der Waals surface area contributed by atoms with Gasteiger partial charge in [-0.15, -0.1) is 0 Å². The van der Waals surface area contributed by atoms with Gasteiger partial charge in [-0.1, -0.05) is 0 Å². The van der Waals surface area contributed by atoms with Crippen LogP contribution in [0.2, 0.25) is 0 Å². The van der Waals surface area contributed by atoms with Crippen LogP contribution < -0.4 is 5.32 Å². The standard InChI is InChI=1S/C9H8INO4/c1-11-4-2-5(8(12)13)7(10)6(3-4)9(14)15/h2-3,11H,1H3,(H,12,13)(H,14,15). The third kappa shape index (κ3) is 2.38. The summed E-state index contributed by atoms with van der Waals surface area (Å²) in [4.78, 5) is 21.7. The lowest BCUT2D eigenvalue weighted by Crippen LogP contribution is -2.08. The predicted octanol–water partition coefficient (Wildman–Crippen LogP) is 1.73. The molecule has 0 heterocycles. The molecule has 0 saturated carbocycles. The molecule has 0 radical (unpaired) electrons. The van der Waals surface area contributed by atoms with Crippen LogP contribution in [0, 0.1) is 3.57 Å². The van der Waals surface area contributed by atoms with E-state index >= 15 is 0 Å². The fourth-order valence-corrected chi connectivity index (χ4v) is 1.85. The molecule has 1 aromatic rings. The number of nitrogens with one attached hydrogen (secondary N) is 1.